The van der Waals surface area contributed by atoms with Crippen LogP contribution in [-0.4, -0.2) is 127 Å². The molecule has 12 aromatic rings. The minimum absolute atomic E-state index is 0.0224. The van der Waals surface area contributed by atoms with Crippen LogP contribution in [0.25, 0.3) is 65.4 Å². The summed E-state index contributed by atoms with van der Waals surface area (Å²) in [4.78, 5) is 247. The normalized spacial score (nSPS) is 27.8. The molecule has 0 radical (unpaired) electrons. The molecular formula is C90H90N18O18. The van der Waals surface area contributed by atoms with E-state index >= 15 is 0 Å². The molecule has 0 aliphatic heterocycles. The Bertz CT molecular complexity index is 7740. The summed E-state index contributed by atoms with van der Waals surface area (Å²) < 4.78 is 174. The van der Waals surface area contributed by atoms with Crippen molar-refractivity contribution in [1.29, 1.82) is 0 Å². The Hall–Kier alpha value is -15.0. The number of fused-ring (bicyclic) bond motifs is 6. The number of ketones is 12. The Balaban J connectivity index is 0.000000148. The van der Waals surface area contributed by atoms with E-state index in [9.17, 15) is 86.3 Å². The summed E-state index contributed by atoms with van der Waals surface area (Å²) in [5.41, 5.74) is 32.8. The summed E-state index contributed by atoms with van der Waals surface area (Å²) in [5, 5.41) is 0.102. The molecule has 6 aromatic carbocycles. The van der Waals surface area contributed by atoms with E-state index in [1.807, 2.05) is 0 Å². The van der Waals surface area contributed by atoms with Gasteiger partial charge in [-0.2, -0.15) is 0 Å². The van der Waals surface area contributed by atoms with E-state index in [1.54, 1.807) is 80.6 Å². The maximum Gasteiger partial charge on any atom is 0.264 e. The predicted molar refractivity (Wildman–Crippen MR) is 468 cm³/mol. The number of carbonyl (C=O) groups excluding carboxylic acids is 12. The summed E-state index contributed by atoms with van der Waals surface area (Å²) in [5.74, 6) is -11.0. The molecule has 2 unspecified atom stereocenters. The summed E-state index contributed by atoms with van der Waals surface area (Å²) in [7, 11) is 0. The summed E-state index contributed by atoms with van der Waals surface area (Å²) in [6.07, 6.45) is -29.4. The van der Waals surface area contributed by atoms with Gasteiger partial charge in [0.25, 0.3) is 33.4 Å². The molecule has 0 amide bonds. The largest absolute Gasteiger partial charge is 0.398 e. The first-order valence-electron chi connectivity index (χ1n) is 48.8. The lowest BCUT2D eigenvalue weighted by Gasteiger charge is -2.24. The van der Waals surface area contributed by atoms with Crippen molar-refractivity contribution >= 4 is 169 Å². The van der Waals surface area contributed by atoms with Gasteiger partial charge in [-0.1, -0.05) is 36.4 Å². The molecule has 12 N–H and O–H groups in total. The summed E-state index contributed by atoms with van der Waals surface area (Å²) in [6, 6.07) is 13.5. The molecule has 0 spiro atoms. The van der Waals surface area contributed by atoms with Gasteiger partial charge in [-0.25, -0.2) is 29.9 Å². The second-order valence-electron chi connectivity index (χ2n) is 29.1. The van der Waals surface area contributed by atoms with Crippen LogP contribution < -0.4 is 67.8 Å². The van der Waals surface area contributed by atoms with E-state index in [2.05, 4.69) is 29.9 Å². The first kappa shape index (κ1) is 64.8. The van der Waals surface area contributed by atoms with Gasteiger partial charge in [0.1, 0.15) is 69.6 Å². The van der Waals surface area contributed by atoms with Gasteiger partial charge in [-0.15, -0.1) is 0 Å². The smallest absolute Gasteiger partial charge is 0.264 e. The molecule has 648 valence electrons. The number of aromatic nitrogens is 12. The van der Waals surface area contributed by atoms with Crippen molar-refractivity contribution in [2.75, 3.05) is 34.4 Å². The van der Waals surface area contributed by atoms with Gasteiger partial charge >= 0.3 is 0 Å². The molecule has 6 heterocycles. The van der Waals surface area contributed by atoms with Gasteiger partial charge in [0, 0.05) is 94.4 Å². The van der Waals surface area contributed by atoms with E-state index in [4.69, 9.17) is 63.2 Å². The SMILES string of the molecule is [2H]C1([2H])C(=O)CC(=O)C([2H])(n2c(C)nc3cccc(N)c3c2=O)C1([2H])[2H].[2H]C1([2H])C(=O)CC(=O)C(n2c(C)nc3cccc(N)c3c2=O)C1([2H])[2H].[2H]C1([2H])C(=O)CC(=O)[C@@]([2H])(n2c(C)nc3cccc(N)c3c2=O)C1([2H])[2H].[2H]C1([2H])C(=O)CC(=O)[C@]([2H])(n2c(C)nc3cccc(N)c3c2=O)C1([2H])[2H].[2H][C@@]1(n2c(C)nc3cccc(N)c3c2=O)CCC(=O)CC1=O.[2H][C@]1(n2c(C)nc3cccc(N)c3c2=O)CCC(=O)CC1=O. The van der Waals surface area contributed by atoms with Crippen LogP contribution in [0, 0.1) is 41.5 Å². The third kappa shape index (κ3) is 17.8. The number of nitrogen functional groups attached to an aromatic ring is 6. The van der Waals surface area contributed by atoms with Crippen LogP contribution in [0.4, 0.5) is 34.1 Å². The number of anilines is 6. The van der Waals surface area contributed by atoms with Crippen LogP contribution in [0.15, 0.2) is 138 Å². The predicted octanol–water partition coefficient (Wildman–Crippen LogP) is 6.90. The Morgan fingerprint density at radius 3 is 0.690 bits per heavy atom. The van der Waals surface area contributed by atoms with Gasteiger partial charge in [0.15, 0.2) is 34.7 Å². The van der Waals surface area contributed by atoms with Gasteiger partial charge in [-0.05, 0) is 153 Å². The van der Waals surface area contributed by atoms with Gasteiger partial charge in [-0.3, -0.25) is 114 Å². The fraction of sp³-hybridized carbons (Fsp3) is 0.333. The molecule has 6 aromatic heterocycles. The Morgan fingerprint density at radius 1 is 0.262 bits per heavy atom. The monoisotopic (exact) mass is 1730 g/mol. The molecule has 36 nitrogen and oxygen atoms in total. The second kappa shape index (κ2) is 36.6. The number of nitrogens with two attached hydrogens (primary N) is 6. The van der Waals surface area contributed by atoms with E-state index in [0.717, 1.165) is 13.7 Å². The zero-order valence-corrected chi connectivity index (χ0v) is 67.7. The van der Waals surface area contributed by atoms with Gasteiger partial charge < -0.3 is 34.4 Å². The Labute approximate surface area is 743 Å². The fourth-order valence-electron chi connectivity index (χ4n) is 14.6. The first-order chi connectivity index (χ1) is 67.8. The molecule has 126 heavy (non-hydrogen) atoms. The van der Waals surface area contributed by atoms with Crippen LogP contribution >= 0.6 is 0 Å². The Kier molecular flexibility index (Phi) is 18.8. The average molecular weight is 1730 g/mol. The maximum atomic E-state index is 13.0. The van der Waals surface area contributed by atoms with Crippen molar-refractivity contribution in [3.63, 3.8) is 0 Å². The minimum atomic E-state index is -3.31. The van der Waals surface area contributed by atoms with Crippen molar-refractivity contribution in [1.82, 2.24) is 57.3 Å². The van der Waals surface area contributed by atoms with E-state index < -0.39 is 204 Å². The number of rotatable bonds is 6. The van der Waals surface area contributed by atoms with E-state index in [1.165, 1.54) is 70.2 Å². The van der Waals surface area contributed by atoms with Crippen LogP contribution in [0.2, 0.25) is 0 Å². The van der Waals surface area contributed by atoms with E-state index in [-0.39, 0.29) is 168 Å². The molecule has 6 aliphatic carbocycles. The number of Topliss-reactive ketones (excluding diaryl/α,β-unsaturated/α-hetero) is 12. The standard InChI is InChI=1S/6C15H15N3O3/c6*1-8-17-11-4-2-3-10(16)14(11)15(21)18(8)12-6-5-9(19)7-13(12)20/h6*2-4,12H,5-7,16H2,1H3/t4*12-;;/m1100../s1/i5D2,6D2,12D;12D;5D2,6D2,12D;12D;5D2,6D2,12D;5D2,6D2. The highest BCUT2D eigenvalue weighted by molar-refractivity contribution is 6.08. The molecule has 6 saturated carbocycles. The topological polar surface area (TPSA) is 570 Å². The Morgan fingerprint density at radius 2 is 0.452 bits per heavy atom. The van der Waals surface area contributed by atoms with Crippen LogP contribution in [0.3, 0.4) is 0 Å². The van der Waals surface area contributed by atoms with Crippen LogP contribution in [0.5, 0.6) is 0 Å². The number of hydrogen-bond acceptors (Lipinski definition) is 30. The van der Waals surface area contributed by atoms with Crippen LogP contribution in [-0.2, 0) is 57.5 Å². The highest BCUT2D eigenvalue weighted by Gasteiger charge is 2.38. The molecule has 6 fully saturated rings. The first-order valence-corrected chi connectivity index (χ1v) is 38.3. The third-order valence-electron chi connectivity index (χ3n) is 20.4. The number of hydrogen-bond donors (Lipinski definition) is 6. The molecular weight excluding hydrogens is 1620 g/mol. The van der Waals surface area contributed by atoms with Crippen molar-refractivity contribution in [3.05, 3.63) is 206 Å². The highest BCUT2D eigenvalue weighted by Crippen LogP contribution is 2.33. The number of aryl methyl sites for hydroxylation is 6. The zero-order chi connectivity index (χ0) is 110. The number of benzene rings is 6. The summed E-state index contributed by atoms with van der Waals surface area (Å²) in [6.45, 7) is 8.47. The molecule has 0 saturated heterocycles. The highest BCUT2D eigenvalue weighted by atomic mass is 16.2. The lowest BCUT2D eigenvalue weighted by atomic mass is 9.92. The van der Waals surface area contributed by atoms with Crippen molar-refractivity contribution < 1.29 is 86.3 Å². The molecule has 0 bridgehead atoms. The number of carbonyl (C=O) groups is 12. The lowest BCUT2D eigenvalue weighted by Crippen LogP contribution is -2.36. The molecule has 36 heteroatoms. The molecule has 6 atom stereocenters. The lowest BCUT2D eigenvalue weighted by molar-refractivity contribution is -0.133. The molecule has 18 rings (SSSR count). The second-order valence-corrected chi connectivity index (χ2v) is 29.1. The number of nitrogens with zero attached hydrogens (tertiary/aromatic N) is 12. The van der Waals surface area contributed by atoms with Crippen LogP contribution in [0.1, 0.15) is 215 Å². The van der Waals surface area contributed by atoms with Crippen molar-refractivity contribution in [2.45, 2.75) is 193 Å². The minimum Gasteiger partial charge on any atom is -0.398 e. The third-order valence-corrected chi connectivity index (χ3v) is 20.4. The zero-order valence-electron chi connectivity index (χ0n) is 88.7. The van der Waals surface area contributed by atoms with Crippen molar-refractivity contribution in [3.8, 4) is 0 Å². The van der Waals surface area contributed by atoms with E-state index in [0.29, 0.717) is 30.3 Å². The van der Waals surface area contributed by atoms with Gasteiger partial charge in [0.05, 0.1) is 147 Å². The quantitative estimate of drug-likeness (QED) is 0.0727. The maximum absolute atomic E-state index is 13.0. The average Bonchev–Trinajstić information content (AvgIpc) is 0.699. The fourth-order valence-corrected chi connectivity index (χ4v) is 14.6. The summed E-state index contributed by atoms with van der Waals surface area (Å²) >= 11 is 0. The molecule has 6 aliphatic rings. The van der Waals surface area contributed by atoms with Crippen molar-refractivity contribution in [2.24, 2.45) is 0 Å². The van der Waals surface area contributed by atoms with Gasteiger partial charge in [0.2, 0.25) is 0 Å².